The minimum Gasteiger partial charge on any atom is -0.495 e. The Morgan fingerprint density at radius 3 is 2.67 bits per heavy atom. The number of ether oxygens (including phenoxy) is 1. The second-order valence-electron chi connectivity index (χ2n) is 4.59. The maximum absolute atomic E-state index is 12.3. The molecule has 2 aromatic rings. The normalized spacial score (nSPS) is 13.1. The molecule has 1 aromatic carbocycles. The molecule has 0 aliphatic carbocycles. The Morgan fingerprint density at radius 1 is 1.43 bits per heavy atom. The first-order valence-electron chi connectivity index (χ1n) is 6.18. The van der Waals surface area contributed by atoms with Gasteiger partial charge in [-0.05, 0) is 25.1 Å². The van der Waals surface area contributed by atoms with Crippen LogP contribution in [0.3, 0.4) is 0 Å². The molecule has 0 bridgehead atoms. The first-order chi connectivity index (χ1) is 9.83. The van der Waals surface area contributed by atoms with E-state index in [4.69, 9.17) is 16.3 Å². The monoisotopic (exact) mass is 329 g/mol. The van der Waals surface area contributed by atoms with Crippen molar-refractivity contribution >= 4 is 21.6 Å². The van der Waals surface area contributed by atoms with E-state index < -0.39 is 16.1 Å². The Kier molecular flexibility index (Phi) is 4.55. The highest BCUT2D eigenvalue weighted by atomic mass is 35.5. The summed E-state index contributed by atoms with van der Waals surface area (Å²) in [6.45, 7) is 1.75. The van der Waals surface area contributed by atoms with Crippen molar-refractivity contribution in [3.05, 3.63) is 41.2 Å². The van der Waals surface area contributed by atoms with Crippen molar-refractivity contribution in [3.63, 3.8) is 0 Å². The minimum absolute atomic E-state index is 0.0871. The van der Waals surface area contributed by atoms with Crippen LogP contribution < -0.4 is 9.46 Å². The molecule has 0 fully saturated rings. The summed E-state index contributed by atoms with van der Waals surface area (Å²) in [5, 5.41) is 4.27. The fraction of sp³-hybridized carbons (Fsp3) is 0.308. The molecule has 114 valence electrons. The molecular formula is C13H16ClN3O3S. The Labute approximate surface area is 128 Å². The van der Waals surface area contributed by atoms with Crippen LogP contribution in [0.1, 0.15) is 18.5 Å². The zero-order valence-electron chi connectivity index (χ0n) is 11.9. The molecule has 6 nitrogen and oxygen atoms in total. The molecule has 1 unspecified atom stereocenters. The second kappa shape index (κ2) is 6.05. The maximum Gasteiger partial charge on any atom is 0.241 e. The molecule has 0 radical (unpaired) electrons. The lowest BCUT2D eigenvalue weighted by atomic mass is 10.2. The summed E-state index contributed by atoms with van der Waals surface area (Å²) in [5.74, 6) is 0.427. The molecule has 0 amide bonds. The van der Waals surface area contributed by atoms with Gasteiger partial charge in [0.15, 0.2) is 0 Å². The predicted octanol–water partition coefficient (Wildman–Crippen LogP) is 2.12. The summed E-state index contributed by atoms with van der Waals surface area (Å²) in [5.41, 5.74) is 0.778. The number of benzene rings is 1. The van der Waals surface area contributed by atoms with Crippen LogP contribution in [0.15, 0.2) is 35.5 Å². The number of halogens is 1. The first kappa shape index (κ1) is 15.8. The van der Waals surface area contributed by atoms with Gasteiger partial charge in [0, 0.05) is 24.8 Å². The Balaban J connectivity index is 2.24. The van der Waals surface area contributed by atoms with Gasteiger partial charge in [-0.3, -0.25) is 4.68 Å². The van der Waals surface area contributed by atoms with Crippen LogP contribution in [0.4, 0.5) is 0 Å². The van der Waals surface area contributed by atoms with E-state index in [1.807, 2.05) is 0 Å². The van der Waals surface area contributed by atoms with Gasteiger partial charge in [-0.2, -0.15) is 5.10 Å². The van der Waals surface area contributed by atoms with Crippen molar-refractivity contribution in [2.24, 2.45) is 7.05 Å². The number of rotatable bonds is 5. The van der Waals surface area contributed by atoms with E-state index in [2.05, 4.69) is 9.82 Å². The molecule has 0 aliphatic rings. The van der Waals surface area contributed by atoms with E-state index in [0.717, 1.165) is 5.56 Å². The molecule has 1 atom stereocenters. The van der Waals surface area contributed by atoms with Crippen LogP contribution in [0.25, 0.3) is 0 Å². The van der Waals surface area contributed by atoms with Gasteiger partial charge < -0.3 is 4.74 Å². The Morgan fingerprint density at radius 2 is 2.14 bits per heavy atom. The standard InChI is InChI=1S/C13H16ClN3O3S/c1-9(10-7-15-17(2)8-10)16-21(18,19)11-4-5-13(20-3)12(14)6-11/h4-9,16H,1-3H3. The average molecular weight is 330 g/mol. The summed E-state index contributed by atoms with van der Waals surface area (Å²) in [4.78, 5) is 0.0871. The predicted molar refractivity (Wildman–Crippen MR) is 79.9 cm³/mol. The van der Waals surface area contributed by atoms with Gasteiger partial charge in [0.1, 0.15) is 5.75 Å². The van der Waals surface area contributed by atoms with Gasteiger partial charge >= 0.3 is 0 Å². The van der Waals surface area contributed by atoms with Crippen molar-refractivity contribution in [2.75, 3.05) is 7.11 Å². The summed E-state index contributed by atoms with van der Waals surface area (Å²) >= 11 is 5.96. The minimum atomic E-state index is -3.67. The van der Waals surface area contributed by atoms with E-state index >= 15 is 0 Å². The van der Waals surface area contributed by atoms with Gasteiger partial charge in [-0.25, -0.2) is 13.1 Å². The van der Waals surface area contributed by atoms with Gasteiger partial charge in [-0.1, -0.05) is 11.6 Å². The molecule has 0 aliphatic heterocycles. The third-order valence-electron chi connectivity index (χ3n) is 2.99. The summed E-state index contributed by atoms with van der Waals surface area (Å²) in [7, 11) is -0.431. The highest BCUT2D eigenvalue weighted by Crippen LogP contribution is 2.27. The van der Waals surface area contributed by atoms with Crippen LogP contribution in [0.5, 0.6) is 5.75 Å². The molecule has 1 N–H and O–H groups in total. The third-order valence-corrected chi connectivity index (χ3v) is 4.82. The zero-order valence-corrected chi connectivity index (χ0v) is 13.4. The SMILES string of the molecule is COc1ccc(S(=O)(=O)NC(C)c2cnn(C)c2)cc1Cl. The lowest BCUT2D eigenvalue weighted by molar-refractivity contribution is 0.414. The van der Waals surface area contributed by atoms with Crippen LogP contribution in [-0.2, 0) is 17.1 Å². The van der Waals surface area contributed by atoms with Gasteiger partial charge in [0.05, 0.1) is 23.2 Å². The number of aromatic nitrogens is 2. The van der Waals surface area contributed by atoms with Gasteiger partial charge in [0.2, 0.25) is 10.0 Å². The molecular weight excluding hydrogens is 314 g/mol. The number of aryl methyl sites for hydroxylation is 1. The summed E-state index contributed by atoms with van der Waals surface area (Å²) in [6.07, 6.45) is 3.38. The highest BCUT2D eigenvalue weighted by Gasteiger charge is 2.20. The van der Waals surface area contributed by atoms with E-state index in [1.165, 1.54) is 25.3 Å². The van der Waals surface area contributed by atoms with Crippen LogP contribution in [0, 0.1) is 0 Å². The number of nitrogens with zero attached hydrogens (tertiary/aromatic N) is 2. The molecule has 0 saturated heterocycles. The number of sulfonamides is 1. The van der Waals surface area contributed by atoms with Crippen molar-refractivity contribution in [1.82, 2.24) is 14.5 Å². The fourth-order valence-electron chi connectivity index (χ4n) is 1.85. The lowest BCUT2D eigenvalue weighted by Crippen LogP contribution is -2.26. The van der Waals surface area contributed by atoms with Crippen molar-refractivity contribution < 1.29 is 13.2 Å². The number of nitrogens with one attached hydrogen (secondary N) is 1. The lowest BCUT2D eigenvalue weighted by Gasteiger charge is -2.13. The van der Waals surface area contributed by atoms with E-state index in [1.54, 1.807) is 31.0 Å². The summed E-state index contributed by atoms with van der Waals surface area (Å²) < 4.78 is 33.9. The molecule has 1 heterocycles. The van der Waals surface area contributed by atoms with Crippen molar-refractivity contribution in [2.45, 2.75) is 17.9 Å². The maximum atomic E-state index is 12.3. The average Bonchev–Trinajstić information content (AvgIpc) is 2.85. The van der Waals surface area contributed by atoms with E-state index in [9.17, 15) is 8.42 Å². The molecule has 8 heteroatoms. The number of hydrogen-bond acceptors (Lipinski definition) is 4. The van der Waals surface area contributed by atoms with Crippen LogP contribution in [-0.4, -0.2) is 25.3 Å². The van der Waals surface area contributed by atoms with E-state index in [-0.39, 0.29) is 9.92 Å². The zero-order chi connectivity index (χ0) is 15.6. The summed E-state index contributed by atoms with van der Waals surface area (Å²) in [6, 6.07) is 3.93. The van der Waals surface area contributed by atoms with Crippen molar-refractivity contribution in [3.8, 4) is 5.75 Å². The van der Waals surface area contributed by atoms with E-state index in [0.29, 0.717) is 5.75 Å². The third kappa shape index (κ3) is 3.55. The second-order valence-corrected chi connectivity index (χ2v) is 6.71. The Hall–Kier alpha value is -1.57. The Bertz CT molecular complexity index is 743. The molecule has 1 aromatic heterocycles. The number of hydrogen-bond donors (Lipinski definition) is 1. The quantitative estimate of drug-likeness (QED) is 0.912. The van der Waals surface area contributed by atoms with Crippen molar-refractivity contribution in [1.29, 1.82) is 0 Å². The van der Waals surface area contributed by atoms with Crippen LogP contribution in [0.2, 0.25) is 5.02 Å². The smallest absolute Gasteiger partial charge is 0.241 e. The molecule has 0 spiro atoms. The topological polar surface area (TPSA) is 73.2 Å². The highest BCUT2D eigenvalue weighted by molar-refractivity contribution is 7.89. The molecule has 0 saturated carbocycles. The van der Waals surface area contributed by atoms with Gasteiger partial charge in [-0.15, -0.1) is 0 Å². The molecule has 2 rings (SSSR count). The number of methoxy groups -OCH3 is 1. The largest absolute Gasteiger partial charge is 0.495 e. The molecule has 21 heavy (non-hydrogen) atoms. The van der Waals surface area contributed by atoms with Crippen LogP contribution >= 0.6 is 11.6 Å². The first-order valence-corrected chi connectivity index (χ1v) is 8.04. The van der Waals surface area contributed by atoms with Gasteiger partial charge in [0.25, 0.3) is 0 Å². The fourth-order valence-corrected chi connectivity index (χ4v) is 3.43.